The van der Waals surface area contributed by atoms with Crippen LogP contribution in [-0.2, 0) is 22.6 Å². The number of nitrogens with zero attached hydrogens (tertiary/aromatic N) is 4. The third kappa shape index (κ3) is 6.72. The smallest absolute Gasteiger partial charge is 0.257 e. The number of hydrogen-bond acceptors (Lipinski definition) is 11. The predicted molar refractivity (Wildman–Crippen MR) is 134 cm³/mol. The third-order valence-corrected chi connectivity index (χ3v) is 7.40. The molecule has 4 heterocycles. The van der Waals surface area contributed by atoms with E-state index < -0.39 is 30.6 Å². The molecular formula is C27H31FN4O8-2. The molecule has 0 amide bonds. The Hall–Kier alpha value is -3.68. The van der Waals surface area contributed by atoms with E-state index in [0.717, 1.165) is 61.2 Å². The molecule has 2 unspecified atom stereocenters. The Morgan fingerprint density at radius 2 is 1.93 bits per heavy atom. The molecule has 2 aromatic heterocycles. The van der Waals surface area contributed by atoms with Crippen LogP contribution in [0.25, 0.3) is 11.0 Å². The van der Waals surface area contributed by atoms with E-state index in [4.69, 9.17) is 9.63 Å². The second-order valence-corrected chi connectivity index (χ2v) is 10.1. The molecule has 0 radical (unpaired) electrons. The molecule has 216 valence electrons. The number of carbonyl (C=O) groups is 2. The number of likely N-dealkylation sites (tertiary alicyclic amines) is 1. The number of aliphatic hydroxyl groups is 2. The second kappa shape index (κ2) is 12.7. The van der Waals surface area contributed by atoms with Gasteiger partial charge in [-0.05, 0) is 64.3 Å². The SMILES string of the molecule is Cc1nc2n(c(=O)c1CCN1CCC(c3noc4cc(F)ccc34)CC1)CCCC2O.O=C([O-])CC(O)C(=O)[O-]. The van der Waals surface area contributed by atoms with Gasteiger partial charge in [0, 0.05) is 54.1 Å². The number of aliphatic hydroxyl groups excluding tert-OH is 2. The van der Waals surface area contributed by atoms with Crippen molar-refractivity contribution < 1.29 is 38.9 Å². The first kappa shape index (κ1) is 29.3. The number of hydrogen-bond donors (Lipinski definition) is 2. The van der Waals surface area contributed by atoms with Crippen LogP contribution in [0.15, 0.2) is 27.5 Å². The molecule has 13 heteroatoms. The lowest BCUT2D eigenvalue weighted by Gasteiger charge is -2.31. The van der Waals surface area contributed by atoms with E-state index in [-0.39, 0.29) is 11.4 Å². The summed E-state index contributed by atoms with van der Waals surface area (Å²) in [5.41, 5.74) is 2.90. The number of carboxylic acid groups (broad SMARTS) is 2. The lowest BCUT2D eigenvalue weighted by molar-refractivity contribution is -0.323. The predicted octanol–water partition coefficient (Wildman–Crippen LogP) is -0.681. The fraction of sp³-hybridized carbons (Fsp3) is 0.519. The van der Waals surface area contributed by atoms with Crippen molar-refractivity contribution in [3.8, 4) is 0 Å². The Labute approximate surface area is 228 Å². The Morgan fingerprint density at radius 1 is 1.20 bits per heavy atom. The quantitative estimate of drug-likeness (QED) is 0.374. The Kier molecular flexibility index (Phi) is 9.28. The summed E-state index contributed by atoms with van der Waals surface area (Å²) < 4.78 is 20.4. The van der Waals surface area contributed by atoms with Crippen molar-refractivity contribution in [2.45, 2.75) is 70.1 Å². The lowest BCUT2D eigenvalue weighted by Crippen LogP contribution is -2.39. The van der Waals surface area contributed by atoms with Gasteiger partial charge in [0.25, 0.3) is 5.56 Å². The van der Waals surface area contributed by atoms with Crippen molar-refractivity contribution in [2.24, 2.45) is 0 Å². The number of carboxylic acids is 2. The number of halogens is 1. The van der Waals surface area contributed by atoms with E-state index in [9.17, 15) is 34.1 Å². The summed E-state index contributed by atoms with van der Waals surface area (Å²) in [6, 6.07) is 4.58. The van der Waals surface area contributed by atoms with Gasteiger partial charge in [0.15, 0.2) is 5.58 Å². The van der Waals surface area contributed by atoms with Gasteiger partial charge < -0.3 is 39.4 Å². The third-order valence-electron chi connectivity index (χ3n) is 7.40. The van der Waals surface area contributed by atoms with E-state index in [1.165, 1.54) is 12.1 Å². The number of carbonyl (C=O) groups excluding carboxylic acids is 2. The lowest BCUT2D eigenvalue weighted by atomic mass is 9.91. The average molecular weight is 559 g/mol. The summed E-state index contributed by atoms with van der Waals surface area (Å²) in [4.78, 5) is 39.0. The van der Waals surface area contributed by atoms with Gasteiger partial charge in [0.2, 0.25) is 0 Å². The highest BCUT2D eigenvalue weighted by molar-refractivity contribution is 5.80. The van der Waals surface area contributed by atoms with Gasteiger partial charge in [-0.25, -0.2) is 9.37 Å². The normalized spacial score (nSPS) is 18.6. The highest BCUT2D eigenvalue weighted by atomic mass is 19.1. The summed E-state index contributed by atoms with van der Waals surface area (Å²) in [5, 5.41) is 42.6. The highest BCUT2D eigenvalue weighted by Gasteiger charge is 2.27. The van der Waals surface area contributed by atoms with E-state index in [1.807, 2.05) is 6.92 Å². The van der Waals surface area contributed by atoms with E-state index in [1.54, 1.807) is 10.6 Å². The molecule has 1 aromatic carbocycles. The molecule has 2 aliphatic heterocycles. The molecule has 0 spiro atoms. The Morgan fingerprint density at radius 3 is 2.58 bits per heavy atom. The zero-order valence-electron chi connectivity index (χ0n) is 22.0. The maximum atomic E-state index is 13.4. The van der Waals surface area contributed by atoms with Crippen LogP contribution >= 0.6 is 0 Å². The Bertz CT molecular complexity index is 1430. The minimum Gasteiger partial charge on any atom is -0.550 e. The number of piperidine rings is 1. The zero-order chi connectivity index (χ0) is 29.0. The van der Waals surface area contributed by atoms with Crippen molar-refractivity contribution in [3.63, 3.8) is 0 Å². The van der Waals surface area contributed by atoms with E-state index in [0.29, 0.717) is 36.7 Å². The van der Waals surface area contributed by atoms with Crippen LogP contribution in [0.3, 0.4) is 0 Å². The number of fused-ring (bicyclic) bond motifs is 2. The fourth-order valence-electron chi connectivity index (χ4n) is 5.22. The van der Waals surface area contributed by atoms with Crippen LogP contribution in [0.1, 0.15) is 66.9 Å². The number of aromatic nitrogens is 3. The molecule has 5 rings (SSSR count). The molecule has 2 N–H and O–H groups in total. The van der Waals surface area contributed by atoms with Crippen LogP contribution in [0.2, 0.25) is 0 Å². The van der Waals surface area contributed by atoms with Crippen LogP contribution in [-0.4, -0.2) is 67.5 Å². The van der Waals surface area contributed by atoms with Gasteiger partial charge in [-0.1, -0.05) is 5.16 Å². The van der Waals surface area contributed by atoms with Gasteiger partial charge in [-0.3, -0.25) is 9.36 Å². The van der Waals surface area contributed by atoms with E-state index in [2.05, 4.69) is 15.0 Å². The Balaban J connectivity index is 0.000000357. The number of benzene rings is 1. The molecule has 1 saturated heterocycles. The van der Waals surface area contributed by atoms with Gasteiger partial charge >= 0.3 is 0 Å². The summed E-state index contributed by atoms with van der Waals surface area (Å²) >= 11 is 0. The number of rotatable bonds is 7. The fourth-order valence-corrected chi connectivity index (χ4v) is 5.22. The molecule has 1 fully saturated rings. The van der Waals surface area contributed by atoms with Gasteiger partial charge in [-0.15, -0.1) is 0 Å². The van der Waals surface area contributed by atoms with Gasteiger partial charge in [-0.2, -0.15) is 0 Å². The largest absolute Gasteiger partial charge is 0.550 e. The molecule has 40 heavy (non-hydrogen) atoms. The molecule has 0 saturated carbocycles. The molecule has 2 aliphatic rings. The molecule has 0 bridgehead atoms. The van der Waals surface area contributed by atoms with Crippen LogP contribution in [0, 0.1) is 12.7 Å². The minimum absolute atomic E-state index is 0.00237. The van der Waals surface area contributed by atoms with Gasteiger partial charge in [0.1, 0.15) is 17.7 Å². The zero-order valence-corrected chi connectivity index (χ0v) is 22.0. The van der Waals surface area contributed by atoms with Crippen molar-refractivity contribution in [2.75, 3.05) is 19.6 Å². The maximum absolute atomic E-state index is 13.4. The second-order valence-electron chi connectivity index (χ2n) is 10.1. The summed E-state index contributed by atoms with van der Waals surface area (Å²) in [7, 11) is 0. The van der Waals surface area contributed by atoms with Gasteiger partial charge in [0.05, 0.1) is 17.8 Å². The molecule has 2 atom stereocenters. The monoisotopic (exact) mass is 558 g/mol. The maximum Gasteiger partial charge on any atom is 0.257 e. The number of aryl methyl sites for hydroxylation is 1. The average Bonchev–Trinajstić information content (AvgIpc) is 3.32. The first-order valence-electron chi connectivity index (χ1n) is 13.2. The summed E-state index contributed by atoms with van der Waals surface area (Å²) in [6.07, 6.45) is 0.488. The molecule has 0 aliphatic carbocycles. The van der Waals surface area contributed by atoms with E-state index >= 15 is 0 Å². The first-order valence-corrected chi connectivity index (χ1v) is 13.2. The topological polar surface area (TPSA) is 185 Å². The first-order chi connectivity index (χ1) is 19.0. The molecule has 3 aromatic rings. The summed E-state index contributed by atoms with van der Waals surface area (Å²) in [5.74, 6) is -2.94. The minimum atomic E-state index is -1.96. The summed E-state index contributed by atoms with van der Waals surface area (Å²) in [6.45, 7) is 5.13. The van der Waals surface area contributed by atoms with Crippen molar-refractivity contribution in [1.29, 1.82) is 0 Å². The van der Waals surface area contributed by atoms with Crippen LogP contribution in [0.4, 0.5) is 4.39 Å². The number of aliphatic carboxylic acids is 2. The molecule has 12 nitrogen and oxygen atoms in total. The van der Waals surface area contributed by atoms with Crippen molar-refractivity contribution in [3.05, 3.63) is 57.1 Å². The highest BCUT2D eigenvalue weighted by Crippen LogP contribution is 2.33. The van der Waals surface area contributed by atoms with Crippen molar-refractivity contribution in [1.82, 2.24) is 19.6 Å². The molecular weight excluding hydrogens is 527 g/mol. The standard InChI is InChI=1S/C23H27FN4O3.C4H6O5/c1-14-17(23(30)28-9-2-3-19(29)22(28)25-14)8-12-27-10-6-15(7-11-27)21-18-5-4-16(24)13-20(18)31-26-21;5-2(4(8)9)1-3(6)7/h4-5,13,15,19,29H,2-3,6-12H2,1H3;2,5H,1H2,(H,6,7)(H,8,9)/p-2. The van der Waals surface area contributed by atoms with Crippen LogP contribution in [0.5, 0.6) is 0 Å². The van der Waals surface area contributed by atoms with Crippen LogP contribution < -0.4 is 15.8 Å². The van der Waals surface area contributed by atoms with Crippen molar-refractivity contribution >= 4 is 22.9 Å².